The summed E-state index contributed by atoms with van der Waals surface area (Å²) in [6.45, 7) is -4.73. The topological polar surface area (TPSA) is 166 Å². The number of hydrogen-bond acceptors (Lipinski definition) is 9. The number of H-pyrrole nitrogens is 1. The number of nitrogens with zero attached hydrogens (tertiary/aromatic N) is 1. The van der Waals surface area contributed by atoms with Gasteiger partial charge in [-0.05, 0) is 36.1 Å². The summed E-state index contributed by atoms with van der Waals surface area (Å²) in [5.74, 6) is -1.62. The van der Waals surface area contributed by atoms with Crippen LogP contribution in [0.15, 0.2) is 82.5 Å². The molecule has 0 saturated carbocycles. The molecule has 1 aliphatic rings. The van der Waals surface area contributed by atoms with Crippen LogP contribution in [0.2, 0.25) is 0 Å². The second kappa shape index (κ2) is 11.3. The highest BCUT2D eigenvalue weighted by molar-refractivity contribution is 8.06. The molecule has 0 amide bonds. The second-order valence-electron chi connectivity index (χ2n) is 7.84. The lowest BCUT2D eigenvalue weighted by Gasteiger charge is -2.25. The molecule has 12 nitrogen and oxygen atoms in total. The van der Waals surface area contributed by atoms with E-state index in [9.17, 15) is 29.0 Å². The van der Waals surface area contributed by atoms with E-state index in [0.29, 0.717) is 0 Å². The molecule has 0 aliphatic carbocycles. The van der Waals surface area contributed by atoms with Gasteiger partial charge in [-0.2, -0.15) is 0 Å². The zero-order valence-electron chi connectivity index (χ0n) is 18.9. The van der Waals surface area contributed by atoms with Crippen molar-refractivity contribution in [2.24, 2.45) is 0 Å². The van der Waals surface area contributed by atoms with E-state index in [1.165, 1.54) is 24.3 Å². The lowest BCUT2D eigenvalue weighted by Crippen LogP contribution is -2.42. The number of rotatable bonds is 8. The van der Waals surface area contributed by atoms with Crippen LogP contribution in [0.1, 0.15) is 26.9 Å². The predicted octanol–water partition coefficient (Wildman–Crippen LogP) is 1.11. The van der Waals surface area contributed by atoms with Crippen molar-refractivity contribution in [2.45, 2.75) is 24.5 Å². The Balaban J connectivity index is 1.73. The molecule has 0 radical (unpaired) electrons. The molecule has 1 aliphatic heterocycles. The van der Waals surface area contributed by atoms with Gasteiger partial charge in [-0.15, -0.1) is 0 Å². The van der Waals surface area contributed by atoms with Gasteiger partial charge in [-0.3, -0.25) is 14.3 Å². The lowest BCUT2D eigenvalue weighted by atomic mass is 10.1. The number of benzene rings is 2. The number of esters is 2. The van der Waals surface area contributed by atoms with Crippen molar-refractivity contribution in [1.82, 2.24) is 9.55 Å². The number of carbonyl (C=O) groups is 2. The van der Waals surface area contributed by atoms with Crippen LogP contribution in [0.3, 0.4) is 0 Å². The highest BCUT2D eigenvalue weighted by Crippen LogP contribution is 2.40. The predicted molar refractivity (Wildman–Crippen MR) is 131 cm³/mol. The van der Waals surface area contributed by atoms with Crippen molar-refractivity contribution in [1.29, 1.82) is 0 Å². The van der Waals surface area contributed by atoms with Gasteiger partial charge in [0.05, 0.1) is 17.7 Å². The molecular formula is C23H21N2O10PS. The fourth-order valence-corrected chi connectivity index (χ4v) is 4.19. The van der Waals surface area contributed by atoms with E-state index in [1.54, 1.807) is 36.4 Å². The molecule has 4 atom stereocenters. The van der Waals surface area contributed by atoms with Crippen molar-refractivity contribution < 1.29 is 38.1 Å². The molecule has 3 aromatic rings. The Morgan fingerprint density at radius 1 is 0.919 bits per heavy atom. The average Bonchev–Trinajstić information content (AvgIpc) is 3.19. The SMILES string of the molecule is O=C(O[C@@H]1[C@H](OC(=O)c2ccccc2)[C@@H](COP(O)(O)=S)O[C@H]1n1ccc(=O)[nH]c1=O)c1ccccc1. The minimum atomic E-state index is -4.15. The van der Waals surface area contributed by atoms with Gasteiger partial charge in [-0.1, -0.05) is 36.4 Å². The molecule has 14 heteroatoms. The largest absolute Gasteiger partial charge is 0.452 e. The summed E-state index contributed by atoms with van der Waals surface area (Å²) in [6.07, 6.45) is -4.34. The van der Waals surface area contributed by atoms with E-state index >= 15 is 0 Å². The molecule has 3 N–H and O–H groups in total. The van der Waals surface area contributed by atoms with E-state index in [0.717, 1.165) is 16.8 Å². The minimum absolute atomic E-state index is 0.170. The molecule has 0 unspecified atom stereocenters. The van der Waals surface area contributed by atoms with Gasteiger partial charge in [0.25, 0.3) is 5.56 Å². The third-order valence-corrected chi connectivity index (χ3v) is 6.12. The standard InChI is InChI=1S/C23H21N2O10PS/c26-17-11-12-25(23(29)24-17)20-19(35-22(28)15-9-5-2-6-10-15)18(16(33-20)13-32-36(30,31)37)34-21(27)14-7-3-1-4-8-14/h1-12,16,18-20H,13H2,(H,24,26,29)(H2,30,31,37)/t16-,18-,19-,20-/m1/s1. The summed E-state index contributed by atoms with van der Waals surface area (Å²) in [5.41, 5.74) is -1.22. The number of aromatic nitrogens is 2. The molecule has 1 aromatic heterocycles. The van der Waals surface area contributed by atoms with Crippen molar-refractivity contribution in [3.05, 3.63) is 105 Å². The Bertz CT molecular complexity index is 1420. The first-order valence-corrected chi connectivity index (χ1v) is 13.4. The first-order chi connectivity index (χ1) is 17.6. The van der Waals surface area contributed by atoms with Crippen LogP contribution in [0.25, 0.3) is 0 Å². The fourth-order valence-electron chi connectivity index (χ4n) is 3.66. The van der Waals surface area contributed by atoms with Crippen LogP contribution in [-0.2, 0) is 30.5 Å². The van der Waals surface area contributed by atoms with E-state index in [1.807, 2.05) is 0 Å². The molecule has 1 fully saturated rings. The summed E-state index contributed by atoms with van der Waals surface area (Å²) >= 11 is 4.50. The van der Waals surface area contributed by atoms with Crippen LogP contribution >= 0.6 is 6.72 Å². The summed E-state index contributed by atoms with van der Waals surface area (Å²) in [5, 5.41) is 0. The summed E-state index contributed by atoms with van der Waals surface area (Å²) in [6, 6.07) is 16.9. The van der Waals surface area contributed by atoms with E-state index in [-0.39, 0.29) is 11.1 Å². The number of aromatic amines is 1. The molecule has 1 saturated heterocycles. The first-order valence-electron chi connectivity index (χ1n) is 10.8. The van der Waals surface area contributed by atoms with Gasteiger partial charge < -0.3 is 28.5 Å². The minimum Gasteiger partial charge on any atom is -0.452 e. The van der Waals surface area contributed by atoms with Gasteiger partial charge in [0.15, 0.2) is 18.4 Å². The van der Waals surface area contributed by atoms with Gasteiger partial charge in [-0.25, -0.2) is 14.4 Å². The average molecular weight is 548 g/mol. The number of carbonyl (C=O) groups excluding carboxylic acids is 2. The van der Waals surface area contributed by atoms with Crippen molar-refractivity contribution in [3.8, 4) is 0 Å². The Morgan fingerprint density at radius 3 is 1.97 bits per heavy atom. The molecule has 0 spiro atoms. The first kappa shape index (κ1) is 26.6. The third kappa shape index (κ3) is 6.66. The number of nitrogens with one attached hydrogen (secondary N) is 1. The van der Waals surface area contributed by atoms with Gasteiger partial charge in [0, 0.05) is 12.3 Å². The zero-order chi connectivity index (χ0) is 26.6. The third-order valence-electron chi connectivity index (χ3n) is 5.32. The maximum atomic E-state index is 13.0. The van der Waals surface area contributed by atoms with Crippen LogP contribution in [0.4, 0.5) is 0 Å². The normalized spacial score (nSPS) is 21.4. The summed E-state index contributed by atoms with van der Waals surface area (Å²) in [4.78, 5) is 71.2. The molecule has 2 heterocycles. The highest BCUT2D eigenvalue weighted by atomic mass is 32.5. The lowest BCUT2D eigenvalue weighted by molar-refractivity contribution is -0.0587. The molecule has 4 rings (SSSR count). The number of ether oxygens (including phenoxy) is 3. The Morgan fingerprint density at radius 2 is 1.46 bits per heavy atom. The van der Waals surface area contributed by atoms with Gasteiger partial charge >= 0.3 is 24.3 Å². The number of hydrogen-bond donors (Lipinski definition) is 3. The monoisotopic (exact) mass is 548 g/mol. The van der Waals surface area contributed by atoms with Gasteiger partial charge in [0.1, 0.15) is 6.10 Å². The summed E-state index contributed by atoms with van der Waals surface area (Å²) < 4.78 is 23.1. The van der Waals surface area contributed by atoms with Crippen LogP contribution in [0, 0.1) is 0 Å². The molecular weight excluding hydrogens is 527 g/mol. The smallest absolute Gasteiger partial charge is 0.338 e. The van der Waals surface area contributed by atoms with Crippen molar-refractivity contribution in [3.63, 3.8) is 0 Å². The van der Waals surface area contributed by atoms with E-state index < -0.39 is 61.1 Å². The molecule has 0 bridgehead atoms. The Kier molecular flexibility index (Phi) is 8.13. The van der Waals surface area contributed by atoms with Crippen molar-refractivity contribution in [2.75, 3.05) is 6.61 Å². The van der Waals surface area contributed by atoms with E-state index in [2.05, 4.69) is 16.8 Å². The maximum Gasteiger partial charge on any atom is 0.338 e. The van der Waals surface area contributed by atoms with E-state index in [4.69, 9.17) is 18.7 Å². The fraction of sp³-hybridized carbons (Fsp3) is 0.217. The second-order valence-corrected chi connectivity index (χ2v) is 10.5. The van der Waals surface area contributed by atoms with Crippen LogP contribution < -0.4 is 11.2 Å². The van der Waals surface area contributed by atoms with Crippen molar-refractivity contribution >= 4 is 30.5 Å². The van der Waals surface area contributed by atoms with Gasteiger partial charge in [0.2, 0.25) is 0 Å². The summed E-state index contributed by atoms with van der Waals surface area (Å²) in [7, 11) is 0. The highest BCUT2D eigenvalue weighted by Gasteiger charge is 2.51. The zero-order valence-corrected chi connectivity index (χ0v) is 20.6. The molecule has 2 aromatic carbocycles. The molecule has 37 heavy (non-hydrogen) atoms. The van der Waals surface area contributed by atoms with Crippen LogP contribution in [0.5, 0.6) is 0 Å². The van der Waals surface area contributed by atoms with Crippen LogP contribution in [-0.4, -0.2) is 56.2 Å². The molecule has 194 valence electrons. The quantitative estimate of drug-likeness (QED) is 0.273. The Labute approximate surface area is 214 Å². The Hall–Kier alpha value is -3.45. The maximum absolute atomic E-state index is 13.0.